The Labute approximate surface area is 164 Å². The lowest BCUT2D eigenvalue weighted by Gasteiger charge is -2.20. The van der Waals surface area contributed by atoms with Crippen LogP contribution >= 0.6 is 11.6 Å². The fourth-order valence-electron chi connectivity index (χ4n) is 2.68. The lowest BCUT2D eigenvalue weighted by Crippen LogP contribution is -2.35. The highest BCUT2D eigenvalue weighted by atomic mass is 35.5. The lowest BCUT2D eigenvalue weighted by molar-refractivity contribution is -0.276. The normalized spacial score (nSPS) is 11.5. The van der Waals surface area contributed by atoms with Gasteiger partial charge < -0.3 is 21.3 Å². The van der Waals surface area contributed by atoms with Crippen molar-refractivity contribution in [2.45, 2.75) is 5.92 Å². The van der Waals surface area contributed by atoms with E-state index in [1.165, 1.54) is 24.3 Å². The topological polar surface area (TPSA) is 228 Å². The van der Waals surface area contributed by atoms with Crippen LogP contribution in [0.4, 0.5) is 0 Å². The maximum atomic E-state index is 13.1. The molecule has 0 aliphatic heterocycles. The molecule has 2 aromatic heterocycles. The number of halogens is 1. The van der Waals surface area contributed by atoms with Crippen molar-refractivity contribution in [3.8, 4) is 11.8 Å². The molecule has 1 unspecified atom stereocenters. The minimum atomic E-state index is -1.92. The molecule has 152 valence electrons. The first kappa shape index (κ1) is 21.4. The van der Waals surface area contributed by atoms with E-state index in [1.807, 2.05) is 9.97 Å². The summed E-state index contributed by atoms with van der Waals surface area (Å²) in [5.41, 5.74) is -6.21. The van der Waals surface area contributed by atoms with E-state index in [0.29, 0.717) is 5.02 Å². The Kier molecular flexibility index (Phi) is 5.90. The van der Waals surface area contributed by atoms with E-state index in [2.05, 4.69) is 0 Å². The molecular formula is C16H14ClN5O7. The fraction of sp³-hybridized carbons (Fsp3) is 0.0625. The zero-order chi connectivity index (χ0) is 20.6. The minimum absolute atomic E-state index is 0. The molecule has 0 saturated heterocycles. The molecule has 3 rings (SSSR count). The number of quaternary nitrogens is 1. The number of Topliss-reactive ketones (excluding diaryl/α,β-unsaturated/α-hetero) is 1. The van der Waals surface area contributed by atoms with Crippen molar-refractivity contribution in [2.24, 2.45) is 0 Å². The highest BCUT2D eigenvalue weighted by Gasteiger charge is 2.33. The summed E-state index contributed by atoms with van der Waals surface area (Å²) < 4.78 is 0. The summed E-state index contributed by atoms with van der Waals surface area (Å²) in [6.07, 6.45) is 0. The van der Waals surface area contributed by atoms with Crippen LogP contribution in [0.15, 0.2) is 43.4 Å². The van der Waals surface area contributed by atoms with E-state index in [1.54, 1.807) is 9.97 Å². The molecule has 12 nitrogen and oxygen atoms in total. The molecule has 1 atom stereocenters. The third kappa shape index (κ3) is 4.02. The second-order valence-electron chi connectivity index (χ2n) is 5.63. The number of hydrogen-bond acceptors (Lipinski definition) is 7. The predicted octanol–water partition coefficient (Wildman–Crippen LogP) is -0.737. The van der Waals surface area contributed by atoms with Gasteiger partial charge >= 0.3 is 11.4 Å². The average molecular weight is 424 g/mol. The number of aromatic hydroxyl groups is 1. The number of nitrogens with one attached hydrogen (secondary N) is 4. The van der Waals surface area contributed by atoms with Gasteiger partial charge in [-0.05, 0) is 30.1 Å². The molecule has 0 saturated carbocycles. The smallest absolute Gasteiger partial charge is 0.328 e. The number of carbonyl (C=O) groups is 1. The van der Waals surface area contributed by atoms with Gasteiger partial charge in [0.05, 0.1) is 11.5 Å². The maximum Gasteiger partial charge on any atom is 0.328 e. The van der Waals surface area contributed by atoms with Gasteiger partial charge in [0.25, 0.3) is 11.1 Å². The van der Waals surface area contributed by atoms with Gasteiger partial charge in [-0.25, -0.2) is 9.59 Å². The number of aromatic nitrogens is 4. The Balaban J connectivity index is 0.00000300. The van der Waals surface area contributed by atoms with Crippen LogP contribution in [0, 0.1) is 0 Å². The van der Waals surface area contributed by atoms with Gasteiger partial charge in [0.2, 0.25) is 5.88 Å². The number of rotatable bonds is 4. The largest absolute Gasteiger partial charge is 0.860 e. The summed E-state index contributed by atoms with van der Waals surface area (Å²) in [6, 6.07) is 5.27. The fourth-order valence-corrected chi connectivity index (χ4v) is 2.80. The summed E-state index contributed by atoms with van der Waals surface area (Å²) in [5.74, 6) is -5.09. The number of hydrogen-bond donors (Lipinski definition) is 6. The average Bonchev–Trinajstić information content (AvgIpc) is 2.58. The number of aromatic amines is 4. The molecule has 0 amide bonds. The third-order valence-corrected chi connectivity index (χ3v) is 4.12. The third-order valence-electron chi connectivity index (χ3n) is 3.87. The van der Waals surface area contributed by atoms with Crippen molar-refractivity contribution >= 4 is 17.4 Å². The predicted molar refractivity (Wildman–Crippen MR) is 100 cm³/mol. The standard InChI is InChI=1S/C16H11ClN4O7.H3N/c17-6-3-1-5(2-4-6)10(22)7(8-11(23)18-15(27)19-12(8)24)9-13(25)20-16(28)21-14(9)26;/h1-4,7H,(H3,18,19,23,24,27)(H3,20,21,25,26,28);1H3. The van der Waals surface area contributed by atoms with Gasteiger partial charge in [-0.15, -0.1) is 0 Å². The van der Waals surface area contributed by atoms with Gasteiger partial charge in [-0.3, -0.25) is 29.3 Å². The van der Waals surface area contributed by atoms with Crippen LogP contribution in [0.25, 0.3) is 0 Å². The molecule has 9 N–H and O–H groups in total. The van der Waals surface area contributed by atoms with Gasteiger partial charge in [0.1, 0.15) is 0 Å². The molecule has 0 fully saturated rings. The van der Waals surface area contributed by atoms with Crippen LogP contribution in [-0.4, -0.2) is 30.8 Å². The second-order valence-corrected chi connectivity index (χ2v) is 6.06. The SMILES string of the molecule is O=C(c1ccc(Cl)cc1)C(c1c([O-])[nH]c(=O)[nH]c1=O)c1c(O)[nH]c(=O)[nH]c1=O.[NH4+]. The highest BCUT2D eigenvalue weighted by molar-refractivity contribution is 6.30. The summed E-state index contributed by atoms with van der Waals surface area (Å²) in [6.45, 7) is 0. The number of H-pyrrole nitrogens is 4. The lowest BCUT2D eigenvalue weighted by atomic mass is 9.86. The number of ketones is 1. The molecular weight excluding hydrogens is 410 g/mol. The van der Waals surface area contributed by atoms with Crippen molar-refractivity contribution in [3.63, 3.8) is 0 Å². The van der Waals surface area contributed by atoms with E-state index in [4.69, 9.17) is 11.6 Å². The van der Waals surface area contributed by atoms with Crippen molar-refractivity contribution in [1.29, 1.82) is 0 Å². The first-order valence-corrected chi connectivity index (χ1v) is 7.95. The van der Waals surface area contributed by atoms with E-state index < -0.39 is 57.1 Å². The van der Waals surface area contributed by atoms with Crippen molar-refractivity contribution < 1.29 is 15.0 Å². The number of benzene rings is 1. The summed E-state index contributed by atoms with van der Waals surface area (Å²) >= 11 is 5.77. The molecule has 13 heteroatoms. The minimum Gasteiger partial charge on any atom is -0.860 e. The van der Waals surface area contributed by atoms with Crippen molar-refractivity contribution in [3.05, 3.63) is 87.7 Å². The van der Waals surface area contributed by atoms with Crippen LogP contribution in [0.3, 0.4) is 0 Å². The van der Waals surface area contributed by atoms with Gasteiger partial charge in [-0.2, -0.15) is 0 Å². The van der Waals surface area contributed by atoms with Crippen LogP contribution < -0.4 is 33.8 Å². The molecule has 3 aromatic rings. The van der Waals surface area contributed by atoms with Crippen molar-refractivity contribution in [1.82, 2.24) is 26.1 Å². The van der Waals surface area contributed by atoms with E-state index in [0.717, 1.165) is 0 Å². The Hall–Kier alpha value is -3.90. The monoisotopic (exact) mass is 423 g/mol. The van der Waals surface area contributed by atoms with Crippen LogP contribution in [-0.2, 0) is 0 Å². The first-order valence-electron chi connectivity index (χ1n) is 7.57. The zero-order valence-electron chi connectivity index (χ0n) is 14.7. The van der Waals surface area contributed by atoms with E-state index in [9.17, 15) is 34.2 Å². The Morgan fingerprint density at radius 1 is 0.897 bits per heavy atom. The molecule has 0 aliphatic rings. The summed E-state index contributed by atoms with van der Waals surface area (Å²) in [4.78, 5) is 67.5. The zero-order valence-corrected chi connectivity index (χ0v) is 15.4. The molecule has 29 heavy (non-hydrogen) atoms. The van der Waals surface area contributed by atoms with Crippen LogP contribution in [0.2, 0.25) is 5.02 Å². The van der Waals surface area contributed by atoms with Crippen LogP contribution in [0.5, 0.6) is 11.8 Å². The first-order chi connectivity index (χ1) is 13.2. The molecule has 0 radical (unpaired) electrons. The molecule has 0 spiro atoms. The number of carbonyl (C=O) groups excluding carboxylic acids is 1. The second kappa shape index (κ2) is 8.00. The molecule has 0 aliphatic carbocycles. The van der Waals surface area contributed by atoms with Gasteiger partial charge in [0.15, 0.2) is 5.78 Å². The summed E-state index contributed by atoms with van der Waals surface area (Å²) in [7, 11) is 0. The van der Waals surface area contributed by atoms with E-state index >= 15 is 0 Å². The van der Waals surface area contributed by atoms with E-state index in [-0.39, 0.29) is 11.7 Å². The molecule has 1 aromatic carbocycles. The van der Waals surface area contributed by atoms with Crippen LogP contribution in [0.1, 0.15) is 27.4 Å². The van der Waals surface area contributed by atoms with Crippen molar-refractivity contribution in [2.75, 3.05) is 0 Å². The molecule has 2 heterocycles. The Morgan fingerprint density at radius 3 is 1.93 bits per heavy atom. The Bertz CT molecular complexity index is 1230. The van der Waals surface area contributed by atoms with Gasteiger partial charge in [-0.1, -0.05) is 11.6 Å². The van der Waals surface area contributed by atoms with Gasteiger partial charge in [0, 0.05) is 16.1 Å². The maximum absolute atomic E-state index is 13.1. The quantitative estimate of drug-likeness (QED) is 0.294. The summed E-state index contributed by atoms with van der Waals surface area (Å²) in [5, 5.41) is 22.6. The molecule has 0 bridgehead atoms. The Morgan fingerprint density at radius 2 is 1.41 bits per heavy atom. The highest BCUT2D eigenvalue weighted by Crippen LogP contribution is 2.31.